The number of aromatic nitrogens is 3. The van der Waals surface area contributed by atoms with Gasteiger partial charge in [-0.15, -0.1) is 0 Å². The molecule has 0 unspecified atom stereocenters. The van der Waals surface area contributed by atoms with Gasteiger partial charge in [-0.05, 0) is 38.0 Å². The number of rotatable bonds is 5. The number of aromatic amines is 1. The monoisotopic (exact) mass is 364 g/mol. The summed E-state index contributed by atoms with van der Waals surface area (Å²) in [5.74, 6) is 1.09. The highest BCUT2D eigenvalue weighted by Gasteiger charge is 2.14. The molecule has 1 amide bonds. The molecule has 2 N–H and O–H groups in total. The fourth-order valence-corrected chi connectivity index (χ4v) is 2.62. The fourth-order valence-electron chi connectivity index (χ4n) is 2.62. The minimum atomic E-state index is -0.509. The van der Waals surface area contributed by atoms with Crippen LogP contribution in [0.1, 0.15) is 32.9 Å². The van der Waals surface area contributed by atoms with E-state index < -0.39 is 11.5 Å². The van der Waals surface area contributed by atoms with Crippen LogP contribution in [-0.4, -0.2) is 20.9 Å². The predicted octanol–water partition coefficient (Wildman–Crippen LogP) is 2.81. The number of ether oxygens (including phenoxy) is 1. The zero-order chi connectivity index (χ0) is 19.4. The highest BCUT2D eigenvalue weighted by atomic mass is 16.5. The van der Waals surface area contributed by atoms with Crippen molar-refractivity contribution in [3.63, 3.8) is 0 Å². The van der Waals surface area contributed by atoms with Crippen LogP contribution in [0.25, 0.3) is 0 Å². The van der Waals surface area contributed by atoms with E-state index in [0.29, 0.717) is 17.3 Å². The van der Waals surface area contributed by atoms with Gasteiger partial charge < -0.3 is 15.0 Å². The number of nitrogens with one attached hydrogen (secondary N) is 2. The van der Waals surface area contributed by atoms with E-state index in [9.17, 15) is 9.59 Å². The van der Waals surface area contributed by atoms with E-state index in [1.807, 2.05) is 38.1 Å². The maximum atomic E-state index is 12.3. The van der Waals surface area contributed by atoms with Crippen molar-refractivity contribution in [2.45, 2.75) is 27.3 Å². The molecule has 0 aliphatic carbocycles. The number of carbonyl (C=O) groups is 1. The SMILES string of the molecule is Cc1ncc(C(=O)NCc2cccnc2Oc2c(C)cccc2C)c(=O)[nH]1. The van der Waals surface area contributed by atoms with E-state index in [4.69, 9.17) is 4.74 Å². The van der Waals surface area contributed by atoms with E-state index in [2.05, 4.69) is 20.3 Å². The molecule has 0 aliphatic heterocycles. The molecule has 3 rings (SSSR count). The van der Waals surface area contributed by atoms with Crippen molar-refractivity contribution < 1.29 is 9.53 Å². The third kappa shape index (κ3) is 4.20. The van der Waals surface area contributed by atoms with Gasteiger partial charge in [-0.3, -0.25) is 9.59 Å². The average Bonchev–Trinajstić information content (AvgIpc) is 2.63. The average molecular weight is 364 g/mol. The molecule has 0 spiro atoms. The molecule has 0 bridgehead atoms. The summed E-state index contributed by atoms with van der Waals surface area (Å²) in [7, 11) is 0. The van der Waals surface area contributed by atoms with Crippen LogP contribution in [0, 0.1) is 20.8 Å². The zero-order valence-corrected chi connectivity index (χ0v) is 15.4. The molecule has 0 aliphatic rings. The molecule has 0 saturated carbocycles. The molecular formula is C20H20N4O3. The van der Waals surface area contributed by atoms with Gasteiger partial charge in [-0.1, -0.05) is 24.3 Å². The number of amides is 1. The number of nitrogens with zero attached hydrogens (tertiary/aromatic N) is 2. The normalized spacial score (nSPS) is 10.5. The van der Waals surface area contributed by atoms with Crippen LogP contribution in [0.3, 0.4) is 0 Å². The molecule has 0 fully saturated rings. The molecular weight excluding hydrogens is 344 g/mol. The molecule has 0 atom stereocenters. The molecule has 3 aromatic rings. The minimum absolute atomic E-state index is 0.0401. The molecule has 27 heavy (non-hydrogen) atoms. The standard InChI is InChI=1S/C20H20N4O3/c1-12-6-4-7-13(2)17(12)27-20-15(8-5-9-21-20)10-23-18(25)16-11-22-14(3)24-19(16)26/h4-9,11H,10H2,1-3H3,(H,23,25)(H,22,24,26). The Labute approximate surface area is 156 Å². The maximum absolute atomic E-state index is 12.3. The van der Waals surface area contributed by atoms with E-state index in [1.165, 1.54) is 6.20 Å². The molecule has 1 aromatic carbocycles. The van der Waals surface area contributed by atoms with Gasteiger partial charge in [-0.2, -0.15) is 0 Å². The van der Waals surface area contributed by atoms with Crippen LogP contribution in [0.4, 0.5) is 0 Å². The van der Waals surface area contributed by atoms with Gasteiger partial charge in [0.05, 0.1) is 0 Å². The Kier molecular flexibility index (Phi) is 5.30. The number of H-pyrrole nitrogens is 1. The first-order valence-electron chi connectivity index (χ1n) is 8.48. The number of pyridine rings is 1. The number of aryl methyl sites for hydroxylation is 3. The van der Waals surface area contributed by atoms with Crippen LogP contribution < -0.4 is 15.6 Å². The Bertz CT molecular complexity index is 1020. The van der Waals surface area contributed by atoms with Crippen molar-refractivity contribution >= 4 is 5.91 Å². The van der Waals surface area contributed by atoms with Crippen molar-refractivity contribution in [3.8, 4) is 11.6 Å². The Morgan fingerprint density at radius 1 is 1.11 bits per heavy atom. The Morgan fingerprint density at radius 3 is 2.56 bits per heavy atom. The summed E-state index contributed by atoms with van der Waals surface area (Å²) in [5, 5.41) is 2.71. The summed E-state index contributed by atoms with van der Waals surface area (Å²) in [6.07, 6.45) is 2.89. The van der Waals surface area contributed by atoms with Crippen LogP contribution in [0.5, 0.6) is 11.6 Å². The van der Waals surface area contributed by atoms with E-state index in [0.717, 1.165) is 16.9 Å². The first kappa shape index (κ1) is 18.3. The van der Waals surface area contributed by atoms with Gasteiger partial charge in [0.2, 0.25) is 5.88 Å². The van der Waals surface area contributed by atoms with E-state index >= 15 is 0 Å². The molecule has 7 heteroatoms. The van der Waals surface area contributed by atoms with Gasteiger partial charge in [0.1, 0.15) is 17.1 Å². The summed E-state index contributed by atoms with van der Waals surface area (Å²) in [5.41, 5.74) is 2.17. The smallest absolute Gasteiger partial charge is 0.263 e. The maximum Gasteiger partial charge on any atom is 0.263 e. The van der Waals surface area contributed by atoms with E-state index in [1.54, 1.807) is 19.2 Å². The van der Waals surface area contributed by atoms with Crippen LogP contribution in [0.15, 0.2) is 47.5 Å². The number of hydrogen-bond acceptors (Lipinski definition) is 5. The number of para-hydroxylation sites is 1. The molecule has 0 saturated heterocycles. The molecule has 7 nitrogen and oxygen atoms in total. The van der Waals surface area contributed by atoms with Crippen LogP contribution in [-0.2, 0) is 6.54 Å². The molecule has 2 heterocycles. The van der Waals surface area contributed by atoms with Gasteiger partial charge in [-0.25, -0.2) is 9.97 Å². The number of benzene rings is 1. The first-order valence-corrected chi connectivity index (χ1v) is 8.48. The van der Waals surface area contributed by atoms with Gasteiger partial charge in [0.25, 0.3) is 11.5 Å². The van der Waals surface area contributed by atoms with Gasteiger partial charge >= 0.3 is 0 Å². The van der Waals surface area contributed by atoms with Crippen molar-refractivity contribution in [1.29, 1.82) is 0 Å². The lowest BCUT2D eigenvalue weighted by Gasteiger charge is -2.14. The Hall–Kier alpha value is -3.48. The van der Waals surface area contributed by atoms with Crippen LogP contribution >= 0.6 is 0 Å². The fraction of sp³-hybridized carbons (Fsp3) is 0.200. The number of hydrogen-bond donors (Lipinski definition) is 2. The molecule has 2 aromatic heterocycles. The lowest BCUT2D eigenvalue weighted by molar-refractivity contribution is 0.0948. The second kappa shape index (κ2) is 7.82. The predicted molar refractivity (Wildman–Crippen MR) is 101 cm³/mol. The van der Waals surface area contributed by atoms with Crippen molar-refractivity contribution in [1.82, 2.24) is 20.3 Å². The third-order valence-corrected chi connectivity index (χ3v) is 4.07. The largest absolute Gasteiger partial charge is 0.438 e. The summed E-state index contributed by atoms with van der Waals surface area (Å²) < 4.78 is 6.01. The summed E-state index contributed by atoms with van der Waals surface area (Å²) >= 11 is 0. The van der Waals surface area contributed by atoms with Crippen molar-refractivity contribution in [2.75, 3.05) is 0 Å². The third-order valence-electron chi connectivity index (χ3n) is 4.07. The zero-order valence-electron chi connectivity index (χ0n) is 15.4. The second-order valence-corrected chi connectivity index (χ2v) is 6.18. The lowest BCUT2D eigenvalue weighted by atomic mass is 10.1. The Balaban J connectivity index is 1.78. The van der Waals surface area contributed by atoms with Crippen molar-refractivity contribution in [3.05, 3.63) is 81.2 Å². The van der Waals surface area contributed by atoms with Gasteiger partial charge in [0, 0.05) is 24.5 Å². The van der Waals surface area contributed by atoms with Crippen molar-refractivity contribution in [2.24, 2.45) is 0 Å². The highest BCUT2D eigenvalue weighted by molar-refractivity contribution is 5.93. The first-order chi connectivity index (χ1) is 13.0. The minimum Gasteiger partial charge on any atom is -0.438 e. The Morgan fingerprint density at radius 2 is 1.85 bits per heavy atom. The summed E-state index contributed by atoms with van der Waals surface area (Å²) in [4.78, 5) is 34.9. The molecule has 138 valence electrons. The second-order valence-electron chi connectivity index (χ2n) is 6.18. The molecule has 0 radical (unpaired) electrons. The quantitative estimate of drug-likeness (QED) is 0.726. The summed E-state index contributed by atoms with van der Waals surface area (Å²) in [6, 6.07) is 9.46. The van der Waals surface area contributed by atoms with Gasteiger partial charge in [0.15, 0.2) is 0 Å². The lowest BCUT2D eigenvalue weighted by Crippen LogP contribution is -2.30. The topological polar surface area (TPSA) is 97.0 Å². The highest BCUT2D eigenvalue weighted by Crippen LogP contribution is 2.29. The van der Waals surface area contributed by atoms with E-state index in [-0.39, 0.29) is 12.1 Å². The van der Waals surface area contributed by atoms with Crippen LogP contribution in [0.2, 0.25) is 0 Å². The number of carbonyl (C=O) groups excluding carboxylic acids is 1. The summed E-state index contributed by atoms with van der Waals surface area (Å²) in [6.45, 7) is 5.74.